The lowest BCUT2D eigenvalue weighted by Gasteiger charge is -2.32. The molecule has 2 aromatic heterocycles. The Morgan fingerprint density at radius 1 is 0.838 bits per heavy atom. The molecule has 2 N–H and O–H groups in total. The molecule has 10 heteroatoms. The van der Waals surface area contributed by atoms with Gasteiger partial charge in [-0.2, -0.15) is 0 Å². The molecular weight excluding hydrogens is 470 g/mol. The van der Waals surface area contributed by atoms with Crippen LogP contribution in [0.15, 0.2) is 36.9 Å². The molecule has 2 saturated heterocycles. The second kappa shape index (κ2) is 11.0. The van der Waals surface area contributed by atoms with Gasteiger partial charge in [0.05, 0.1) is 30.9 Å². The summed E-state index contributed by atoms with van der Waals surface area (Å²) in [5.74, 6) is 2.60. The largest absolute Gasteiger partial charge is 0.488 e. The van der Waals surface area contributed by atoms with E-state index < -0.39 is 0 Å². The third kappa shape index (κ3) is 5.70. The maximum Gasteiger partial charge on any atom is 0.149 e. The van der Waals surface area contributed by atoms with Crippen LogP contribution in [0.2, 0.25) is 0 Å². The Hall–Kier alpha value is -3.24. The Morgan fingerprint density at radius 2 is 1.62 bits per heavy atom. The van der Waals surface area contributed by atoms with Crippen molar-refractivity contribution in [3.05, 3.63) is 36.9 Å². The van der Waals surface area contributed by atoms with Crippen molar-refractivity contribution in [3.8, 4) is 5.75 Å². The lowest BCUT2D eigenvalue weighted by atomic mass is 9.93. The minimum absolute atomic E-state index is 0.143. The van der Waals surface area contributed by atoms with E-state index in [9.17, 15) is 5.11 Å². The van der Waals surface area contributed by atoms with Gasteiger partial charge in [0.1, 0.15) is 29.2 Å². The predicted octanol–water partition coefficient (Wildman–Crippen LogP) is 3.02. The van der Waals surface area contributed by atoms with Crippen LogP contribution in [0.4, 0.5) is 17.3 Å². The molecule has 0 amide bonds. The fourth-order valence-corrected chi connectivity index (χ4v) is 5.53. The first kappa shape index (κ1) is 24.1. The third-order valence-electron chi connectivity index (χ3n) is 7.66. The SMILES string of the molecule is OC1CCN(c2cc(NC3CCC(Oc4cc(N5CCOCC5)cc5nccnc45)CC3)ncn2)CC1. The van der Waals surface area contributed by atoms with Crippen LogP contribution >= 0.6 is 0 Å². The van der Waals surface area contributed by atoms with Gasteiger partial charge in [0.25, 0.3) is 0 Å². The van der Waals surface area contributed by atoms with Gasteiger partial charge in [-0.25, -0.2) is 15.0 Å². The fraction of sp³-hybridized carbons (Fsp3) is 0.556. The van der Waals surface area contributed by atoms with Gasteiger partial charge in [-0.05, 0) is 44.6 Å². The van der Waals surface area contributed by atoms with Crippen molar-refractivity contribution < 1.29 is 14.6 Å². The molecule has 0 radical (unpaired) electrons. The number of benzene rings is 1. The molecule has 10 nitrogen and oxygen atoms in total. The molecule has 196 valence electrons. The zero-order valence-corrected chi connectivity index (χ0v) is 21.1. The molecule has 4 heterocycles. The van der Waals surface area contributed by atoms with Gasteiger partial charge >= 0.3 is 0 Å². The van der Waals surface area contributed by atoms with Gasteiger partial charge in [0.2, 0.25) is 0 Å². The molecule has 1 aliphatic carbocycles. The average molecular weight is 506 g/mol. The zero-order chi connectivity index (χ0) is 25.0. The summed E-state index contributed by atoms with van der Waals surface area (Å²) >= 11 is 0. The second-order valence-corrected chi connectivity index (χ2v) is 10.2. The number of fused-ring (bicyclic) bond motifs is 1. The summed E-state index contributed by atoms with van der Waals surface area (Å²) < 4.78 is 12.1. The van der Waals surface area contributed by atoms with Crippen molar-refractivity contribution in [1.29, 1.82) is 0 Å². The fourth-order valence-electron chi connectivity index (χ4n) is 5.53. The molecule has 3 aliphatic rings. The summed E-state index contributed by atoms with van der Waals surface area (Å²) in [5.41, 5.74) is 2.79. The van der Waals surface area contributed by atoms with E-state index in [0.29, 0.717) is 6.04 Å². The Morgan fingerprint density at radius 3 is 2.43 bits per heavy atom. The highest BCUT2D eigenvalue weighted by Crippen LogP contribution is 2.33. The Kier molecular flexibility index (Phi) is 7.18. The van der Waals surface area contributed by atoms with Gasteiger partial charge < -0.3 is 29.7 Å². The highest BCUT2D eigenvalue weighted by Gasteiger charge is 2.25. The number of aromatic nitrogens is 4. The topological polar surface area (TPSA) is 109 Å². The molecule has 3 fully saturated rings. The average Bonchev–Trinajstić information content (AvgIpc) is 2.95. The first-order valence-corrected chi connectivity index (χ1v) is 13.5. The van der Waals surface area contributed by atoms with E-state index in [1.54, 1.807) is 18.7 Å². The monoisotopic (exact) mass is 505 g/mol. The molecule has 0 atom stereocenters. The summed E-state index contributed by atoms with van der Waals surface area (Å²) in [7, 11) is 0. The standard InChI is InChI=1S/C27H35N7O3/c35-21-5-9-34(10-6-21)26-17-25(30-18-31-26)32-19-1-3-22(4-2-19)37-24-16-20(33-11-13-36-14-12-33)15-23-27(24)29-8-7-28-23/h7-8,15-19,21-22,35H,1-6,9-14H2,(H,30,31,32). The highest BCUT2D eigenvalue weighted by molar-refractivity contribution is 5.85. The molecule has 0 unspecified atom stereocenters. The van der Waals surface area contributed by atoms with Gasteiger partial charge in [0.15, 0.2) is 0 Å². The molecule has 0 bridgehead atoms. The smallest absolute Gasteiger partial charge is 0.149 e. The van der Waals surface area contributed by atoms with Crippen LogP contribution in [-0.4, -0.2) is 82.7 Å². The van der Waals surface area contributed by atoms with Crippen LogP contribution in [0.25, 0.3) is 11.0 Å². The minimum Gasteiger partial charge on any atom is -0.488 e. The van der Waals surface area contributed by atoms with Crippen LogP contribution in [0.5, 0.6) is 5.75 Å². The number of nitrogens with one attached hydrogen (secondary N) is 1. The van der Waals surface area contributed by atoms with Crippen molar-refractivity contribution in [1.82, 2.24) is 19.9 Å². The van der Waals surface area contributed by atoms with Crippen LogP contribution in [0, 0.1) is 0 Å². The first-order chi connectivity index (χ1) is 18.2. The molecule has 0 spiro atoms. The summed E-state index contributed by atoms with van der Waals surface area (Å²) in [5, 5.41) is 13.4. The summed E-state index contributed by atoms with van der Waals surface area (Å²) in [6, 6.07) is 6.60. The number of piperidine rings is 1. The van der Waals surface area contributed by atoms with Crippen LogP contribution in [0.3, 0.4) is 0 Å². The van der Waals surface area contributed by atoms with E-state index in [-0.39, 0.29) is 12.2 Å². The van der Waals surface area contributed by atoms with Gasteiger partial charge in [0, 0.05) is 62.4 Å². The van der Waals surface area contributed by atoms with Crippen molar-refractivity contribution in [2.45, 2.75) is 56.8 Å². The van der Waals surface area contributed by atoms with Crippen molar-refractivity contribution >= 4 is 28.4 Å². The summed E-state index contributed by atoms with van der Waals surface area (Å²) in [4.78, 5) is 22.6. The lowest BCUT2D eigenvalue weighted by molar-refractivity contribution is 0.122. The minimum atomic E-state index is -0.194. The lowest BCUT2D eigenvalue weighted by Crippen LogP contribution is -2.36. The number of nitrogens with zero attached hydrogens (tertiary/aromatic N) is 6. The van der Waals surface area contributed by atoms with Gasteiger partial charge in [-0.1, -0.05) is 0 Å². The van der Waals surface area contributed by atoms with Gasteiger partial charge in [-0.15, -0.1) is 0 Å². The van der Waals surface area contributed by atoms with E-state index in [1.807, 2.05) is 6.07 Å². The number of rotatable bonds is 6. The quantitative estimate of drug-likeness (QED) is 0.519. The molecule has 2 aliphatic heterocycles. The number of aliphatic hydroxyl groups excluding tert-OH is 1. The molecular formula is C27H35N7O3. The third-order valence-corrected chi connectivity index (χ3v) is 7.66. The van der Waals surface area contributed by atoms with Crippen LogP contribution in [0.1, 0.15) is 38.5 Å². The molecule has 1 aromatic carbocycles. The predicted molar refractivity (Wildman–Crippen MR) is 142 cm³/mol. The summed E-state index contributed by atoms with van der Waals surface area (Å²) in [6.07, 6.45) is 10.5. The van der Waals surface area contributed by atoms with E-state index in [4.69, 9.17) is 9.47 Å². The molecule has 37 heavy (non-hydrogen) atoms. The molecule has 6 rings (SSSR count). The van der Waals surface area contributed by atoms with Crippen molar-refractivity contribution in [3.63, 3.8) is 0 Å². The van der Waals surface area contributed by atoms with Gasteiger partial charge in [-0.3, -0.25) is 4.98 Å². The number of anilines is 3. The van der Waals surface area contributed by atoms with E-state index >= 15 is 0 Å². The maximum absolute atomic E-state index is 9.79. The number of ether oxygens (including phenoxy) is 2. The van der Waals surface area contributed by atoms with Crippen molar-refractivity contribution in [2.75, 3.05) is 54.5 Å². The van der Waals surface area contributed by atoms with E-state index in [1.165, 1.54) is 0 Å². The first-order valence-electron chi connectivity index (χ1n) is 13.5. The number of aliphatic hydroxyl groups is 1. The Balaban J connectivity index is 1.08. The Bertz CT molecular complexity index is 1190. The van der Waals surface area contributed by atoms with E-state index in [2.05, 4.69) is 47.2 Å². The number of morpholine rings is 1. The Labute approximate surface area is 217 Å². The normalized spacial score (nSPS) is 23.3. The maximum atomic E-state index is 9.79. The van der Waals surface area contributed by atoms with Crippen LogP contribution in [-0.2, 0) is 4.74 Å². The zero-order valence-electron chi connectivity index (χ0n) is 21.1. The summed E-state index contributed by atoms with van der Waals surface area (Å²) in [6.45, 7) is 4.86. The van der Waals surface area contributed by atoms with Crippen molar-refractivity contribution in [2.24, 2.45) is 0 Å². The highest BCUT2D eigenvalue weighted by atomic mass is 16.5. The number of hydrogen-bond donors (Lipinski definition) is 2. The van der Waals surface area contributed by atoms with Crippen LogP contribution < -0.4 is 19.9 Å². The van der Waals surface area contributed by atoms with E-state index in [0.717, 1.165) is 112 Å². The molecule has 1 saturated carbocycles. The number of hydrogen-bond acceptors (Lipinski definition) is 10. The second-order valence-electron chi connectivity index (χ2n) is 10.2. The molecule has 3 aromatic rings.